The summed E-state index contributed by atoms with van der Waals surface area (Å²) in [7, 11) is 1.80. The van der Waals surface area contributed by atoms with E-state index in [1.54, 1.807) is 7.11 Å². The Bertz CT molecular complexity index is 105. The average Bonchev–Trinajstić information content (AvgIpc) is 1.88. The number of hydrogen-bond acceptors (Lipinski definition) is 1. The third kappa shape index (κ3) is 1.96. The molecular formula is C8H15BrO. The van der Waals surface area contributed by atoms with Gasteiger partial charge < -0.3 is 4.74 Å². The molecule has 0 N–H and O–H groups in total. The Labute approximate surface area is 71.3 Å². The van der Waals surface area contributed by atoms with Crippen molar-refractivity contribution in [3.63, 3.8) is 0 Å². The van der Waals surface area contributed by atoms with E-state index >= 15 is 0 Å². The molecule has 0 bridgehead atoms. The zero-order valence-electron chi connectivity index (χ0n) is 6.64. The van der Waals surface area contributed by atoms with Crippen LogP contribution in [0.1, 0.15) is 26.2 Å². The first-order valence-electron chi connectivity index (χ1n) is 3.91. The first kappa shape index (κ1) is 8.54. The molecule has 1 saturated carbocycles. The van der Waals surface area contributed by atoms with E-state index in [9.17, 15) is 0 Å². The van der Waals surface area contributed by atoms with Gasteiger partial charge in [0.2, 0.25) is 0 Å². The predicted molar refractivity (Wildman–Crippen MR) is 46.5 cm³/mol. The molecule has 1 nitrogen and oxygen atoms in total. The Kier molecular flexibility index (Phi) is 3.18. The second-order valence-corrected chi connectivity index (χ2v) is 4.38. The van der Waals surface area contributed by atoms with Crippen molar-refractivity contribution in [3.05, 3.63) is 0 Å². The zero-order chi connectivity index (χ0) is 7.56. The van der Waals surface area contributed by atoms with Crippen LogP contribution in [-0.2, 0) is 4.74 Å². The molecule has 2 heteroatoms. The quantitative estimate of drug-likeness (QED) is 0.600. The molecule has 0 aromatic rings. The molecule has 3 atom stereocenters. The highest BCUT2D eigenvalue weighted by molar-refractivity contribution is 9.09. The lowest BCUT2D eigenvalue weighted by molar-refractivity contribution is 0.0667. The molecule has 0 aromatic carbocycles. The number of methoxy groups -OCH3 is 1. The van der Waals surface area contributed by atoms with Crippen LogP contribution in [0.25, 0.3) is 0 Å². The molecule has 0 aromatic heterocycles. The Balaban J connectivity index is 2.36. The number of ether oxygens (including phenoxy) is 1. The summed E-state index contributed by atoms with van der Waals surface area (Å²) >= 11 is 3.63. The second-order valence-electron chi connectivity index (χ2n) is 3.21. The van der Waals surface area contributed by atoms with E-state index in [1.807, 2.05) is 0 Å². The van der Waals surface area contributed by atoms with Gasteiger partial charge in [-0.2, -0.15) is 0 Å². The first-order valence-corrected chi connectivity index (χ1v) is 4.82. The molecular weight excluding hydrogens is 192 g/mol. The maximum Gasteiger partial charge on any atom is 0.0696 e. The van der Waals surface area contributed by atoms with Gasteiger partial charge in [0.1, 0.15) is 0 Å². The van der Waals surface area contributed by atoms with Crippen molar-refractivity contribution in [2.75, 3.05) is 7.11 Å². The fraction of sp³-hybridized carbons (Fsp3) is 1.00. The standard InChI is InChI=1S/C8H15BrO/c1-6-3-4-8(10-2)7(9)5-6/h6-8H,3-5H2,1-2H3. The lowest BCUT2D eigenvalue weighted by Gasteiger charge is -2.29. The van der Waals surface area contributed by atoms with Crippen molar-refractivity contribution in [1.29, 1.82) is 0 Å². The minimum absolute atomic E-state index is 0.455. The number of halogens is 1. The van der Waals surface area contributed by atoms with Gasteiger partial charge in [0.05, 0.1) is 6.10 Å². The van der Waals surface area contributed by atoms with Gasteiger partial charge in [0, 0.05) is 11.9 Å². The van der Waals surface area contributed by atoms with Crippen LogP contribution in [0.15, 0.2) is 0 Å². The van der Waals surface area contributed by atoms with Gasteiger partial charge in [0.25, 0.3) is 0 Å². The Hall–Kier alpha value is 0.440. The van der Waals surface area contributed by atoms with Crippen LogP contribution in [-0.4, -0.2) is 18.0 Å². The Morgan fingerprint density at radius 2 is 2.10 bits per heavy atom. The minimum atomic E-state index is 0.455. The molecule has 0 heterocycles. The van der Waals surface area contributed by atoms with Gasteiger partial charge in [-0.3, -0.25) is 0 Å². The molecule has 0 amide bonds. The summed E-state index contributed by atoms with van der Waals surface area (Å²) in [6, 6.07) is 0. The molecule has 0 spiro atoms. The predicted octanol–water partition coefficient (Wildman–Crippen LogP) is 2.58. The van der Waals surface area contributed by atoms with Crippen LogP contribution in [0.2, 0.25) is 0 Å². The molecule has 1 rings (SSSR count). The van der Waals surface area contributed by atoms with E-state index in [4.69, 9.17) is 4.74 Å². The van der Waals surface area contributed by atoms with Crippen LogP contribution >= 0.6 is 15.9 Å². The van der Waals surface area contributed by atoms with E-state index in [2.05, 4.69) is 22.9 Å². The smallest absolute Gasteiger partial charge is 0.0696 e. The van der Waals surface area contributed by atoms with Gasteiger partial charge in [0.15, 0.2) is 0 Å². The summed E-state index contributed by atoms with van der Waals surface area (Å²) in [5.41, 5.74) is 0. The molecule has 1 aliphatic carbocycles. The summed E-state index contributed by atoms with van der Waals surface area (Å²) in [6.07, 6.45) is 4.25. The number of hydrogen-bond donors (Lipinski definition) is 0. The average molecular weight is 207 g/mol. The van der Waals surface area contributed by atoms with E-state index < -0.39 is 0 Å². The third-order valence-electron chi connectivity index (χ3n) is 2.28. The van der Waals surface area contributed by atoms with Crippen LogP contribution in [0.3, 0.4) is 0 Å². The Morgan fingerprint density at radius 1 is 1.40 bits per heavy atom. The lowest BCUT2D eigenvalue weighted by atomic mass is 9.89. The largest absolute Gasteiger partial charge is 0.380 e. The zero-order valence-corrected chi connectivity index (χ0v) is 8.23. The van der Waals surface area contributed by atoms with Crippen LogP contribution in [0.5, 0.6) is 0 Å². The summed E-state index contributed by atoms with van der Waals surface area (Å²) in [5, 5.41) is 0. The topological polar surface area (TPSA) is 9.23 Å². The molecule has 1 aliphatic rings. The van der Waals surface area contributed by atoms with Crippen molar-refractivity contribution in [2.45, 2.75) is 37.1 Å². The number of alkyl halides is 1. The summed E-state index contributed by atoms with van der Waals surface area (Å²) in [5.74, 6) is 0.871. The van der Waals surface area contributed by atoms with Gasteiger partial charge in [-0.1, -0.05) is 22.9 Å². The highest BCUT2D eigenvalue weighted by Gasteiger charge is 2.25. The van der Waals surface area contributed by atoms with Crippen molar-refractivity contribution in [2.24, 2.45) is 5.92 Å². The monoisotopic (exact) mass is 206 g/mol. The van der Waals surface area contributed by atoms with E-state index in [0.717, 1.165) is 5.92 Å². The number of rotatable bonds is 1. The van der Waals surface area contributed by atoms with Gasteiger partial charge >= 0.3 is 0 Å². The van der Waals surface area contributed by atoms with E-state index in [0.29, 0.717) is 10.9 Å². The third-order valence-corrected chi connectivity index (χ3v) is 3.24. The van der Waals surface area contributed by atoms with Crippen LogP contribution in [0, 0.1) is 5.92 Å². The SMILES string of the molecule is COC1CCC(C)CC1Br. The molecule has 3 unspecified atom stereocenters. The minimum Gasteiger partial charge on any atom is -0.380 e. The molecule has 0 saturated heterocycles. The van der Waals surface area contributed by atoms with Crippen molar-refractivity contribution >= 4 is 15.9 Å². The summed E-state index contributed by atoms with van der Waals surface area (Å²) < 4.78 is 5.30. The van der Waals surface area contributed by atoms with Crippen molar-refractivity contribution in [1.82, 2.24) is 0 Å². The maximum absolute atomic E-state index is 5.30. The molecule has 10 heavy (non-hydrogen) atoms. The first-order chi connectivity index (χ1) is 4.74. The normalized spacial score (nSPS) is 41.7. The van der Waals surface area contributed by atoms with Gasteiger partial charge in [-0.05, 0) is 25.2 Å². The fourth-order valence-corrected chi connectivity index (χ4v) is 2.67. The lowest BCUT2D eigenvalue weighted by Crippen LogP contribution is -2.29. The highest BCUT2D eigenvalue weighted by Crippen LogP contribution is 2.30. The summed E-state index contributed by atoms with van der Waals surface area (Å²) in [4.78, 5) is 0.584. The molecule has 0 radical (unpaired) electrons. The van der Waals surface area contributed by atoms with Crippen molar-refractivity contribution in [3.8, 4) is 0 Å². The molecule has 1 fully saturated rings. The maximum atomic E-state index is 5.30. The highest BCUT2D eigenvalue weighted by atomic mass is 79.9. The van der Waals surface area contributed by atoms with Crippen LogP contribution in [0.4, 0.5) is 0 Å². The fourth-order valence-electron chi connectivity index (χ4n) is 1.55. The van der Waals surface area contributed by atoms with Gasteiger partial charge in [-0.25, -0.2) is 0 Å². The van der Waals surface area contributed by atoms with E-state index in [-0.39, 0.29) is 0 Å². The summed E-state index contributed by atoms with van der Waals surface area (Å²) in [6.45, 7) is 2.31. The molecule has 0 aliphatic heterocycles. The van der Waals surface area contributed by atoms with Crippen LogP contribution < -0.4 is 0 Å². The Morgan fingerprint density at radius 3 is 2.60 bits per heavy atom. The van der Waals surface area contributed by atoms with Crippen molar-refractivity contribution < 1.29 is 4.74 Å². The van der Waals surface area contributed by atoms with E-state index in [1.165, 1.54) is 19.3 Å². The molecule has 60 valence electrons. The second kappa shape index (κ2) is 3.72. The van der Waals surface area contributed by atoms with Gasteiger partial charge in [-0.15, -0.1) is 0 Å².